The predicted molar refractivity (Wildman–Crippen MR) is 86.9 cm³/mol. The summed E-state index contributed by atoms with van der Waals surface area (Å²) in [5.74, 6) is -1.14. The first-order valence-corrected chi connectivity index (χ1v) is 9.01. The maximum atomic E-state index is 12.6. The number of amides is 2. The molecule has 3 aliphatic rings. The summed E-state index contributed by atoms with van der Waals surface area (Å²) in [4.78, 5) is 32.0. The number of carbonyl (C=O) groups excluding carboxylic acids is 2. The second kappa shape index (κ2) is 7.23. The van der Waals surface area contributed by atoms with E-state index in [-0.39, 0.29) is 29.6 Å². The average molecular weight is 373 g/mol. The Bertz CT molecular complexity index is 641. The number of aromatic nitrogens is 1. The summed E-state index contributed by atoms with van der Waals surface area (Å²) in [5, 5.41) is 0. The monoisotopic (exact) mass is 373 g/mol. The minimum atomic E-state index is -4.41. The van der Waals surface area contributed by atoms with Gasteiger partial charge in [0.05, 0.1) is 5.75 Å². The third kappa shape index (κ3) is 4.45. The van der Waals surface area contributed by atoms with Gasteiger partial charge in [-0.1, -0.05) is 0 Å². The highest BCUT2D eigenvalue weighted by atomic mass is 32.2. The van der Waals surface area contributed by atoms with E-state index in [2.05, 4.69) is 4.98 Å². The zero-order chi connectivity index (χ0) is 18.0. The van der Waals surface area contributed by atoms with Gasteiger partial charge in [-0.25, -0.2) is 0 Å². The highest BCUT2D eigenvalue weighted by Crippen LogP contribution is 2.33. The lowest BCUT2D eigenvalue weighted by molar-refractivity contribution is -0.132. The summed E-state index contributed by atoms with van der Waals surface area (Å²) in [6.07, 6.45) is 4.68. The van der Waals surface area contributed by atoms with E-state index in [1.54, 1.807) is 29.4 Å². The summed E-state index contributed by atoms with van der Waals surface area (Å²) < 4.78 is 37.0. The molecule has 1 aromatic rings. The fraction of sp³-hybridized carbons (Fsp3) is 0.562. The number of fused-ring (bicyclic) bond motifs is 4. The highest BCUT2D eigenvalue weighted by Gasteiger charge is 2.39. The average Bonchev–Trinajstić information content (AvgIpc) is 2.91. The first-order valence-electron chi connectivity index (χ1n) is 8.03. The molecule has 0 saturated carbocycles. The fourth-order valence-electron chi connectivity index (χ4n) is 3.46. The van der Waals surface area contributed by atoms with Gasteiger partial charge in [0.25, 0.3) is 5.91 Å². The van der Waals surface area contributed by atoms with E-state index >= 15 is 0 Å². The Hall–Kier alpha value is -1.77. The molecule has 4 heterocycles. The quantitative estimate of drug-likeness (QED) is 0.817. The van der Waals surface area contributed by atoms with Crippen LogP contribution in [0.3, 0.4) is 0 Å². The van der Waals surface area contributed by atoms with Crippen LogP contribution >= 0.6 is 11.8 Å². The molecule has 3 saturated heterocycles. The SMILES string of the molecule is O=C(c1ccncc1)N1C[C@H]2CC[C@@H](C1)N(C(=O)CSC(F)(F)F)C2. The molecule has 4 rings (SSSR count). The Labute approximate surface area is 147 Å². The lowest BCUT2D eigenvalue weighted by atomic mass is 9.95. The zero-order valence-electron chi connectivity index (χ0n) is 13.4. The Kier molecular flexibility index (Phi) is 5.21. The molecule has 0 unspecified atom stereocenters. The second-order valence-electron chi connectivity index (χ2n) is 6.32. The maximum Gasteiger partial charge on any atom is 0.442 e. The van der Waals surface area contributed by atoms with Gasteiger partial charge in [0.15, 0.2) is 0 Å². The van der Waals surface area contributed by atoms with E-state index in [0.29, 0.717) is 31.6 Å². The van der Waals surface area contributed by atoms with Crippen LogP contribution in [-0.4, -0.2) is 63.5 Å². The number of thioether (sulfide) groups is 1. The summed E-state index contributed by atoms with van der Waals surface area (Å²) in [7, 11) is 0. The first-order chi connectivity index (χ1) is 11.8. The van der Waals surface area contributed by atoms with Crippen LogP contribution in [0.2, 0.25) is 0 Å². The van der Waals surface area contributed by atoms with Crippen LogP contribution in [0, 0.1) is 5.92 Å². The molecule has 1 aromatic heterocycles. The molecule has 0 spiro atoms. The van der Waals surface area contributed by atoms with Gasteiger partial charge in [0.2, 0.25) is 5.91 Å². The third-order valence-electron chi connectivity index (χ3n) is 4.61. The number of halogens is 3. The van der Waals surface area contributed by atoms with Gasteiger partial charge in [-0.15, -0.1) is 0 Å². The van der Waals surface area contributed by atoms with Gasteiger partial charge < -0.3 is 9.80 Å². The van der Waals surface area contributed by atoms with E-state index in [4.69, 9.17) is 0 Å². The lowest BCUT2D eigenvalue weighted by Crippen LogP contribution is -2.48. The van der Waals surface area contributed by atoms with Crippen molar-refractivity contribution in [1.82, 2.24) is 14.8 Å². The van der Waals surface area contributed by atoms with Gasteiger partial charge in [-0.3, -0.25) is 14.6 Å². The molecule has 3 fully saturated rings. The van der Waals surface area contributed by atoms with Crippen molar-refractivity contribution in [3.63, 3.8) is 0 Å². The Morgan fingerprint density at radius 2 is 1.88 bits per heavy atom. The second-order valence-corrected chi connectivity index (χ2v) is 7.36. The smallest absolute Gasteiger partial charge is 0.337 e. The molecule has 5 nitrogen and oxygen atoms in total. The van der Waals surface area contributed by atoms with Crippen LogP contribution in [0.4, 0.5) is 13.2 Å². The molecule has 2 atom stereocenters. The van der Waals surface area contributed by atoms with E-state index in [0.717, 1.165) is 6.42 Å². The van der Waals surface area contributed by atoms with Crippen molar-refractivity contribution in [2.45, 2.75) is 24.4 Å². The molecule has 0 aliphatic carbocycles. The van der Waals surface area contributed by atoms with Gasteiger partial charge in [0.1, 0.15) is 0 Å². The number of hydrogen-bond acceptors (Lipinski definition) is 4. The van der Waals surface area contributed by atoms with Gasteiger partial charge in [0, 0.05) is 43.6 Å². The van der Waals surface area contributed by atoms with Crippen LogP contribution in [0.5, 0.6) is 0 Å². The normalized spacial score (nSPS) is 23.5. The molecule has 0 aromatic carbocycles. The van der Waals surface area contributed by atoms with Crippen molar-refractivity contribution in [2.75, 3.05) is 25.4 Å². The predicted octanol–water partition coefficient (Wildman–Crippen LogP) is 2.40. The van der Waals surface area contributed by atoms with Crippen LogP contribution < -0.4 is 0 Å². The van der Waals surface area contributed by atoms with E-state index in [1.165, 1.54) is 4.90 Å². The van der Waals surface area contributed by atoms with Crippen molar-refractivity contribution in [3.8, 4) is 0 Å². The number of piperidine rings is 1. The van der Waals surface area contributed by atoms with Crippen LogP contribution in [-0.2, 0) is 4.79 Å². The largest absolute Gasteiger partial charge is 0.442 e. The number of rotatable bonds is 3. The summed E-state index contributed by atoms with van der Waals surface area (Å²) in [5.41, 5.74) is -3.88. The number of alkyl halides is 3. The van der Waals surface area contributed by atoms with Crippen molar-refractivity contribution >= 4 is 23.6 Å². The van der Waals surface area contributed by atoms with E-state index in [1.807, 2.05) is 0 Å². The Balaban J connectivity index is 1.68. The molecule has 2 amide bonds. The topological polar surface area (TPSA) is 53.5 Å². The molecular weight excluding hydrogens is 355 g/mol. The van der Waals surface area contributed by atoms with Gasteiger partial charge >= 0.3 is 5.51 Å². The zero-order valence-corrected chi connectivity index (χ0v) is 14.2. The number of pyridine rings is 1. The van der Waals surface area contributed by atoms with E-state index in [9.17, 15) is 22.8 Å². The molecule has 0 N–H and O–H groups in total. The Morgan fingerprint density at radius 1 is 1.16 bits per heavy atom. The summed E-state index contributed by atoms with van der Waals surface area (Å²) in [6.45, 7) is 1.30. The van der Waals surface area contributed by atoms with Crippen molar-refractivity contribution in [3.05, 3.63) is 30.1 Å². The third-order valence-corrected chi connectivity index (χ3v) is 5.33. The van der Waals surface area contributed by atoms with Crippen LogP contribution in [0.15, 0.2) is 24.5 Å². The van der Waals surface area contributed by atoms with Crippen molar-refractivity contribution in [2.24, 2.45) is 5.92 Å². The number of nitrogens with zero attached hydrogens (tertiary/aromatic N) is 3. The van der Waals surface area contributed by atoms with E-state index < -0.39 is 17.2 Å². The first kappa shape index (κ1) is 18.0. The van der Waals surface area contributed by atoms with Crippen LogP contribution in [0.1, 0.15) is 23.2 Å². The van der Waals surface area contributed by atoms with Crippen LogP contribution in [0.25, 0.3) is 0 Å². The van der Waals surface area contributed by atoms with Crippen molar-refractivity contribution < 1.29 is 22.8 Å². The van der Waals surface area contributed by atoms with Gasteiger partial charge in [-0.05, 0) is 42.7 Å². The summed E-state index contributed by atoms with van der Waals surface area (Å²) in [6, 6.07) is 3.06. The lowest BCUT2D eigenvalue weighted by Gasteiger charge is -2.36. The molecule has 9 heteroatoms. The summed E-state index contributed by atoms with van der Waals surface area (Å²) >= 11 is -0.305. The molecule has 2 bridgehead atoms. The Morgan fingerprint density at radius 3 is 2.56 bits per heavy atom. The molecular formula is C16H18F3N3O2S. The minimum absolute atomic E-state index is 0.101. The minimum Gasteiger partial charge on any atom is -0.337 e. The molecule has 3 aliphatic heterocycles. The highest BCUT2D eigenvalue weighted by molar-refractivity contribution is 8.00. The van der Waals surface area contributed by atoms with Gasteiger partial charge in [-0.2, -0.15) is 13.2 Å². The molecule has 25 heavy (non-hydrogen) atoms. The number of carbonyl (C=O) groups is 2. The number of hydrogen-bond donors (Lipinski definition) is 0. The standard InChI is InChI=1S/C16H18F3N3O2S/c17-16(18,19)25-10-14(23)22-8-11-1-2-13(22)9-21(7-11)15(24)12-3-5-20-6-4-12/h3-6,11,13H,1-2,7-10H2/t11-,13+/m1/s1. The molecule has 0 radical (unpaired) electrons. The fourth-order valence-corrected chi connectivity index (χ4v) is 3.91. The van der Waals surface area contributed by atoms with Crippen molar-refractivity contribution in [1.29, 1.82) is 0 Å². The molecule has 136 valence electrons. The maximum absolute atomic E-state index is 12.6.